The maximum atomic E-state index is 11.9. The third-order valence-corrected chi connectivity index (χ3v) is 3.60. The molecule has 0 atom stereocenters. The van der Waals surface area contributed by atoms with E-state index in [2.05, 4.69) is 10.3 Å². The highest BCUT2D eigenvalue weighted by Crippen LogP contribution is 2.24. The summed E-state index contributed by atoms with van der Waals surface area (Å²) in [5.41, 5.74) is 7.63. The van der Waals surface area contributed by atoms with E-state index in [0.29, 0.717) is 30.7 Å². The van der Waals surface area contributed by atoms with E-state index in [-0.39, 0.29) is 29.9 Å². The fourth-order valence-corrected chi connectivity index (χ4v) is 2.08. The molecule has 1 fully saturated rings. The molecule has 1 aromatic carbocycles. The first-order chi connectivity index (χ1) is 10.1. The Kier molecular flexibility index (Phi) is 7.64. The second-order valence-corrected chi connectivity index (χ2v) is 5.47. The van der Waals surface area contributed by atoms with Crippen molar-refractivity contribution in [3.05, 3.63) is 35.4 Å². The highest BCUT2D eigenvalue weighted by Gasteiger charge is 2.27. The predicted octanol–water partition coefficient (Wildman–Crippen LogP) is 2.35. The molecule has 0 heterocycles. The lowest BCUT2D eigenvalue weighted by atomic mass is 10.1. The molecule has 1 amide bonds. The highest BCUT2D eigenvalue weighted by molar-refractivity contribution is 14.0. The van der Waals surface area contributed by atoms with Crippen molar-refractivity contribution in [1.29, 1.82) is 0 Å². The number of nitrogens with one attached hydrogen (secondary N) is 1. The van der Waals surface area contributed by atoms with Gasteiger partial charge in [-0.2, -0.15) is 0 Å². The molecule has 5 nitrogen and oxygen atoms in total. The number of halogens is 1. The molecule has 6 heteroatoms. The Morgan fingerprint density at radius 1 is 1.45 bits per heavy atom. The van der Waals surface area contributed by atoms with Crippen molar-refractivity contribution in [2.45, 2.75) is 38.8 Å². The summed E-state index contributed by atoms with van der Waals surface area (Å²) in [5, 5.41) is 2.87. The smallest absolute Gasteiger partial charge is 0.251 e. The van der Waals surface area contributed by atoms with E-state index in [4.69, 9.17) is 5.73 Å². The van der Waals surface area contributed by atoms with Crippen molar-refractivity contribution < 1.29 is 4.79 Å². The van der Waals surface area contributed by atoms with Crippen molar-refractivity contribution in [2.24, 2.45) is 10.7 Å². The van der Waals surface area contributed by atoms with Crippen molar-refractivity contribution >= 4 is 35.8 Å². The Balaban J connectivity index is 0.00000242. The molecule has 22 heavy (non-hydrogen) atoms. The molecule has 122 valence electrons. The third kappa shape index (κ3) is 5.47. The van der Waals surface area contributed by atoms with Crippen LogP contribution in [0.5, 0.6) is 0 Å². The molecular weight excluding hydrogens is 391 g/mol. The van der Waals surface area contributed by atoms with Gasteiger partial charge in [-0.15, -0.1) is 24.0 Å². The zero-order valence-electron chi connectivity index (χ0n) is 13.2. The fourth-order valence-electron chi connectivity index (χ4n) is 2.08. The minimum Gasteiger partial charge on any atom is -0.370 e. The van der Waals surface area contributed by atoms with Crippen LogP contribution in [0.1, 0.15) is 42.1 Å². The van der Waals surface area contributed by atoms with E-state index in [0.717, 1.165) is 12.0 Å². The van der Waals surface area contributed by atoms with E-state index in [9.17, 15) is 4.79 Å². The summed E-state index contributed by atoms with van der Waals surface area (Å²) < 4.78 is 0. The lowest BCUT2D eigenvalue weighted by Crippen LogP contribution is -2.35. The summed E-state index contributed by atoms with van der Waals surface area (Å²) in [6, 6.07) is 8.09. The minimum atomic E-state index is -0.0363. The van der Waals surface area contributed by atoms with Gasteiger partial charge in [0.1, 0.15) is 0 Å². The van der Waals surface area contributed by atoms with Crippen LogP contribution in [0.3, 0.4) is 0 Å². The van der Waals surface area contributed by atoms with E-state index < -0.39 is 0 Å². The summed E-state index contributed by atoms with van der Waals surface area (Å²) in [4.78, 5) is 18.4. The molecular formula is C16H25IN4O. The van der Waals surface area contributed by atoms with Crippen LogP contribution in [0.15, 0.2) is 29.3 Å². The normalized spacial score (nSPS) is 14.2. The predicted molar refractivity (Wildman–Crippen MR) is 101 cm³/mol. The molecule has 2 rings (SSSR count). The van der Waals surface area contributed by atoms with Crippen LogP contribution in [0, 0.1) is 0 Å². The van der Waals surface area contributed by atoms with Crippen molar-refractivity contribution in [3.8, 4) is 0 Å². The van der Waals surface area contributed by atoms with Crippen molar-refractivity contribution in [3.63, 3.8) is 0 Å². The minimum absolute atomic E-state index is 0. The number of nitrogens with zero attached hydrogens (tertiary/aromatic N) is 2. The van der Waals surface area contributed by atoms with E-state index in [1.807, 2.05) is 43.1 Å². The van der Waals surface area contributed by atoms with Crippen LogP contribution in [0.25, 0.3) is 0 Å². The summed E-state index contributed by atoms with van der Waals surface area (Å²) in [6.07, 6.45) is 3.32. The molecule has 3 N–H and O–H groups in total. The van der Waals surface area contributed by atoms with Crippen LogP contribution in [0.2, 0.25) is 0 Å². The summed E-state index contributed by atoms with van der Waals surface area (Å²) >= 11 is 0. The van der Waals surface area contributed by atoms with Gasteiger partial charge in [-0.05, 0) is 37.0 Å². The van der Waals surface area contributed by atoms with Gasteiger partial charge in [-0.25, -0.2) is 4.99 Å². The zero-order chi connectivity index (χ0) is 15.2. The molecule has 1 aliphatic rings. The first-order valence-corrected chi connectivity index (χ1v) is 7.51. The van der Waals surface area contributed by atoms with Crippen LogP contribution < -0.4 is 11.1 Å². The van der Waals surface area contributed by atoms with Gasteiger partial charge in [0.2, 0.25) is 0 Å². The molecule has 1 aromatic rings. The second-order valence-electron chi connectivity index (χ2n) is 5.47. The number of hydrogen-bond acceptors (Lipinski definition) is 2. The number of aliphatic imine (C=N–C) groups is 1. The maximum absolute atomic E-state index is 11.9. The lowest BCUT2D eigenvalue weighted by molar-refractivity contribution is 0.0953. The van der Waals surface area contributed by atoms with Gasteiger partial charge in [-0.1, -0.05) is 19.1 Å². The number of benzene rings is 1. The number of hydrogen-bond donors (Lipinski definition) is 2. The standard InChI is InChI=1S/C16H24N4O.HI/c1-3-9-18-15(21)13-6-4-5-12(10-13)11-19-16(17)20(2)14-7-8-14;/h4-6,10,14H,3,7-9,11H2,1-2H3,(H2,17,19)(H,18,21);1H. The second kappa shape index (κ2) is 8.97. The van der Waals surface area contributed by atoms with Gasteiger partial charge in [0.05, 0.1) is 6.54 Å². The number of carbonyl (C=O) groups is 1. The van der Waals surface area contributed by atoms with Crippen LogP contribution >= 0.6 is 24.0 Å². The molecule has 1 aliphatic carbocycles. The van der Waals surface area contributed by atoms with Crippen LogP contribution in [-0.2, 0) is 6.54 Å². The fraction of sp³-hybridized carbons (Fsp3) is 0.500. The highest BCUT2D eigenvalue weighted by atomic mass is 127. The average Bonchev–Trinajstić information content (AvgIpc) is 3.34. The number of guanidine groups is 1. The van der Waals surface area contributed by atoms with Crippen LogP contribution in [0.4, 0.5) is 0 Å². The molecule has 0 radical (unpaired) electrons. The molecule has 0 bridgehead atoms. The summed E-state index contributed by atoms with van der Waals surface area (Å²) in [5.74, 6) is 0.532. The number of carbonyl (C=O) groups excluding carboxylic acids is 1. The Hall–Kier alpha value is -1.31. The monoisotopic (exact) mass is 416 g/mol. The van der Waals surface area contributed by atoms with Gasteiger partial charge in [0.15, 0.2) is 5.96 Å². The topological polar surface area (TPSA) is 70.7 Å². The van der Waals surface area contributed by atoms with E-state index in [1.54, 1.807) is 0 Å². The molecule has 0 spiro atoms. The average molecular weight is 416 g/mol. The van der Waals surface area contributed by atoms with Gasteiger partial charge in [-0.3, -0.25) is 4.79 Å². The van der Waals surface area contributed by atoms with Gasteiger partial charge in [0.25, 0.3) is 5.91 Å². The van der Waals surface area contributed by atoms with Gasteiger partial charge >= 0.3 is 0 Å². The molecule has 0 aromatic heterocycles. The van der Waals surface area contributed by atoms with Gasteiger partial charge in [0, 0.05) is 25.2 Å². The Morgan fingerprint density at radius 2 is 2.18 bits per heavy atom. The molecule has 0 unspecified atom stereocenters. The molecule has 0 aliphatic heterocycles. The first kappa shape index (κ1) is 18.7. The number of nitrogens with two attached hydrogens (primary N) is 1. The Morgan fingerprint density at radius 3 is 2.82 bits per heavy atom. The Labute approximate surface area is 149 Å². The van der Waals surface area contributed by atoms with Crippen molar-refractivity contribution in [1.82, 2.24) is 10.2 Å². The first-order valence-electron chi connectivity index (χ1n) is 7.51. The van der Waals surface area contributed by atoms with Crippen molar-refractivity contribution in [2.75, 3.05) is 13.6 Å². The maximum Gasteiger partial charge on any atom is 0.251 e. The zero-order valence-corrected chi connectivity index (χ0v) is 15.5. The molecule has 0 saturated heterocycles. The Bertz CT molecular complexity index is 529. The summed E-state index contributed by atoms with van der Waals surface area (Å²) in [7, 11) is 1.98. The van der Waals surface area contributed by atoms with Gasteiger partial charge < -0.3 is 16.0 Å². The SMILES string of the molecule is CCCNC(=O)c1cccc(CN=C(N)N(C)C2CC2)c1.I. The quantitative estimate of drug-likeness (QED) is 0.425. The number of rotatable bonds is 6. The van der Waals surface area contributed by atoms with E-state index >= 15 is 0 Å². The van der Waals surface area contributed by atoms with Crippen LogP contribution in [-0.4, -0.2) is 36.4 Å². The largest absolute Gasteiger partial charge is 0.370 e. The lowest BCUT2D eigenvalue weighted by Gasteiger charge is -2.16. The molecule has 1 saturated carbocycles. The third-order valence-electron chi connectivity index (χ3n) is 3.60. The summed E-state index contributed by atoms with van der Waals surface area (Å²) in [6.45, 7) is 3.22. The van der Waals surface area contributed by atoms with E-state index in [1.165, 1.54) is 12.8 Å². The number of amides is 1.